The average Bonchev–Trinajstić information content (AvgIpc) is 2.64. The first kappa shape index (κ1) is 16.9. The third kappa shape index (κ3) is 5.29. The molecule has 3 aromatic rings. The van der Waals surface area contributed by atoms with E-state index >= 15 is 0 Å². The Labute approximate surface area is 153 Å². The van der Waals surface area contributed by atoms with Crippen molar-refractivity contribution in [1.29, 1.82) is 0 Å². The van der Waals surface area contributed by atoms with Crippen LogP contribution in [-0.4, -0.2) is 22.5 Å². The summed E-state index contributed by atoms with van der Waals surface area (Å²) in [7, 11) is 0. The Hall–Kier alpha value is -2.93. The first-order valence-corrected chi connectivity index (χ1v) is 8.21. The fraction of sp³-hybridized carbons (Fsp3) is 0.0556. The number of nitrogens with one attached hydrogen (secondary N) is 1. The molecular formula is C18H14BrN3O3. The van der Waals surface area contributed by atoms with Crippen LogP contribution >= 0.6 is 15.9 Å². The largest absolute Gasteiger partial charge is 0.484 e. The summed E-state index contributed by atoms with van der Waals surface area (Å²) in [6, 6.07) is 16.2. The second-order valence-electron chi connectivity index (χ2n) is 4.95. The Morgan fingerprint density at radius 2 is 1.60 bits per heavy atom. The van der Waals surface area contributed by atoms with Gasteiger partial charge < -0.3 is 14.8 Å². The maximum absolute atomic E-state index is 11.9. The van der Waals surface area contributed by atoms with Crippen LogP contribution in [0.15, 0.2) is 71.5 Å². The predicted octanol–water partition coefficient (Wildman–Crippen LogP) is 4.05. The standard InChI is InChI=1S/C18H14BrN3O3/c19-13-2-6-15(7-3-13)24-12-17(23)22-14-4-8-16(9-5-14)25-18-20-10-1-11-21-18/h1-11H,12H2,(H,22,23). The van der Waals surface area contributed by atoms with Gasteiger partial charge in [0.25, 0.3) is 5.91 Å². The molecule has 0 bridgehead atoms. The fourth-order valence-corrected chi connectivity index (χ4v) is 2.19. The number of rotatable bonds is 6. The summed E-state index contributed by atoms with van der Waals surface area (Å²) in [5.74, 6) is 0.961. The minimum atomic E-state index is -0.247. The van der Waals surface area contributed by atoms with Gasteiger partial charge in [0.15, 0.2) is 6.61 Å². The van der Waals surface area contributed by atoms with Crippen LogP contribution in [0.4, 0.5) is 5.69 Å². The second kappa shape index (κ2) is 8.25. The van der Waals surface area contributed by atoms with Gasteiger partial charge in [0, 0.05) is 22.6 Å². The Kier molecular flexibility index (Phi) is 5.58. The molecule has 0 fully saturated rings. The van der Waals surface area contributed by atoms with Crippen molar-refractivity contribution in [2.24, 2.45) is 0 Å². The average molecular weight is 400 g/mol. The highest BCUT2D eigenvalue weighted by atomic mass is 79.9. The van der Waals surface area contributed by atoms with Gasteiger partial charge in [0.2, 0.25) is 0 Å². The molecule has 1 aromatic heterocycles. The van der Waals surface area contributed by atoms with E-state index in [1.165, 1.54) is 0 Å². The quantitative estimate of drug-likeness (QED) is 0.676. The number of carbonyl (C=O) groups excluding carboxylic acids is 1. The van der Waals surface area contributed by atoms with Crippen LogP contribution in [0.3, 0.4) is 0 Å². The molecule has 25 heavy (non-hydrogen) atoms. The summed E-state index contributed by atoms with van der Waals surface area (Å²) < 4.78 is 11.9. The highest BCUT2D eigenvalue weighted by Gasteiger charge is 2.05. The van der Waals surface area contributed by atoms with E-state index in [-0.39, 0.29) is 18.5 Å². The first-order chi connectivity index (χ1) is 12.2. The monoisotopic (exact) mass is 399 g/mol. The maximum atomic E-state index is 11.9. The molecule has 7 heteroatoms. The molecule has 0 aliphatic carbocycles. The van der Waals surface area contributed by atoms with Gasteiger partial charge in [-0.05, 0) is 54.6 Å². The second-order valence-corrected chi connectivity index (χ2v) is 5.86. The Morgan fingerprint density at radius 3 is 2.28 bits per heavy atom. The fourth-order valence-electron chi connectivity index (χ4n) is 1.93. The molecule has 2 aromatic carbocycles. The summed E-state index contributed by atoms with van der Waals surface area (Å²) in [6.07, 6.45) is 3.20. The summed E-state index contributed by atoms with van der Waals surface area (Å²) in [4.78, 5) is 19.9. The molecule has 1 N–H and O–H groups in total. The van der Waals surface area contributed by atoms with Crippen LogP contribution in [0.5, 0.6) is 17.5 Å². The molecule has 0 aliphatic rings. The number of nitrogens with zero attached hydrogens (tertiary/aromatic N) is 2. The van der Waals surface area contributed by atoms with Crippen molar-refractivity contribution in [3.05, 3.63) is 71.5 Å². The molecule has 0 radical (unpaired) electrons. The smallest absolute Gasteiger partial charge is 0.321 e. The van der Waals surface area contributed by atoms with Crippen LogP contribution in [-0.2, 0) is 4.79 Å². The number of anilines is 1. The topological polar surface area (TPSA) is 73.3 Å². The zero-order valence-electron chi connectivity index (χ0n) is 13.1. The molecule has 126 valence electrons. The van der Waals surface area contributed by atoms with Gasteiger partial charge in [-0.25, -0.2) is 9.97 Å². The molecule has 0 saturated carbocycles. The van der Waals surface area contributed by atoms with Gasteiger partial charge in [0.1, 0.15) is 11.5 Å². The molecule has 1 amide bonds. The van der Waals surface area contributed by atoms with Crippen LogP contribution in [0.25, 0.3) is 0 Å². The van der Waals surface area contributed by atoms with E-state index in [4.69, 9.17) is 9.47 Å². The van der Waals surface area contributed by atoms with Crippen molar-refractivity contribution in [2.45, 2.75) is 0 Å². The maximum Gasteiger partial charge on any atom is 0.321 e. The summed E-state index contributed by atoms with van der Waals surface area (Å²) in [6.45, 7) is -0.0717. The Bertz CT molecular complexity index is 824. The normalized spacial score (nSPS) is 10.1. The van der Waals surface area contributed by atoms with Crippen molar-refractivity contribution < 1.29 is 14.3 Å². The van der Waals surface area contributed by atoms with E-state index in [2.05, 4.69) is 31.2 Å². The molecule has 0 aliphatic heterocycles. The summed E-state index contributed by atoms with van der Waals surface area (Å²) in [5.41, 5.74) is 0.644. The van der Waals surface area contributed by atoms with E-state index in [9.17, 15) is 4.79 Å². The van der Waals surface area contributed by atoms with E-state index in [0.717, 1.165) is 4.47 Å². The third-order valence-electron chi connectivity index (χ3n) is 3.07. The zero-order chi connectivity index (χ0) is 17.5. The highest BCUT2D eigenvalue weighted by molar-refractivity contribution is 9.10. The number of hydrogen-bond acceptors (Lipinski definition) is 5. The van der Waals surface area contributed by atoms with Gasteiger partial charge >= 0.3 is 6.01 Å². The number of amides is 1. The number of aromatic nitrogens is 2. The van der Waals surface area contributed by atoms with Crippen molar-refractivity contribution in [3.8, 4) is 17.5 Å². The molecule has 0 spiro atoms. The molecule has 1 heterocycles. The molecule has 0 atom stereocenters. The lowest BCUT2D eigenvalue weighted by Gasteiger charge is -2.08. The lowest BCUT2D eigenvalue weighted by Crippen LogP contribution is -2.20. The molecule has 6 nitrogen and oxygen atoms in total. The number of halogens is 1. The van der Waals surface area contributed by atoms with Crippen LogP contribution in [0.2, 0.25) is 0 Å². The minimum absolute atomic E-state index is 0.0717. The van der Waals surface area contributed by atoms with Crippen LogP contribution < -0.4 is 14.8 Å². The van der Waals surface area contributed by atoms with E-state index in [0.29, 0.717) is 17.2 Å². The number of carbonyl (C=O) groups is 1. The number of hydrogen-bond donors (Lipinski definition) is 1. The SMILES string of the molecule is O=C(COc1ccc(Br)cc1)Nc1ccc(Oc2ncccn2)cc1. The van der Waals surface area contributed by atoms with E-state index < -0.39 is 0 Å². The van der Waals surface area contributed by atoms with Gasteiger partial charge in [-0.3, -0.25) is 4.79 Å². The van der Waals surface area contributed by atoms with Gasteiger partial charge in [-0.15, -0.1) is 0 Å². The van der Waals surface area contributed by atoms with Crippen molar-refractivity contribution in [3.63, 3.8) is 0 Å². The van der Waals surface area contributed by atoms with Crippen LogP contribution in [0.1, 0.15) is 0 Å². The van der Waals surface area contributed by atoms with E-state index in [1.807, 2.05) is 12.1 Å². The number of benzene rings is 2. The third-order valence-corrected chi connectivity index (χ3v) is 3.60. The van der Waals surface area contributed by atoms with Crippen molar-refractivity contribution in [1.82, 2.24) is 9.97 Å². The summed E-state index contributed by atoms with van der Waals surface area (Å²) >= 11 is 3.34. The van der Waals surface area contributed by atoms with Crippen molar-refractivity contribution >= 4 is 27.5 Å². The van der Waals surface area contributed by atoms with Crippen molar-refractivity contribution in [2.75, 3.05) is 11.9 Å². The lowest BCUT2D eigenvalue weighted by molar-refractivity contribution is -0.118. The van der Waals surface area contributed by atoms with Gasteiger partial charge in [0.05, 0.1) is 0 Å². The lowest BCUT2D eigenvalue weighted by atomic mass is 10.3. The molecular weight excluding hydrogens is 386 g/mol. The van der Waals surface area contributed by atoms with Gasteiger partial charge in [-0.1, -0.05) is 15.9 Å². The van der Waals surface area contributed by atoms with E-state index in [1.54, 1.807) is 54.9 Å². The summed E-state index contributed by atoms with van der Waals surface area (Å²) in [5, 5.41) is 2.75. The van der Waals surface area contributed by atoms with Crippen LogP contribution in [0, 0.1) is 0 Å². The molecule has 0 saturated heterocycles. The predicted molar refractivity (Wildman–Crippen MR) is 96.8 cm³/mol. The van der Waals surface area contributed by atoms with Gasteiger partial charge in [-0.2, -0.15) is 0 Å². The highest BCUT2D eigenvalue weighted by Crippen LogP contribution is 2.20. The zero-order valence-corrected chi connectivity index (χ0v) is 14.6. The Morgan fingerprint density at radius 1 is 0.960 bits per heavy atom. The number of ether oxygens (including phenoxy) is 2. The minimum Gasteiger partial charge on any atom is -0.484 e. The molecule has 0 unspecified atom stereocenters. The Balaban J connectivity index is 1.50. The first-order valence-electron chi connectivity index (χ1n) is 7.42. The molecule has 3 rings (SSSR count).